The fraction of sp³-hybridized carbons (Fsp3) is 0.375. The van der Waals surface area contributed by atoms with Crippen molar-refractivity contribution >= 4 is 6.29 Å². The Kier molecular flexibility index (Phi) is 1.98. The third-order valence-corrected chi connectivity index (χ3v) is 1.88. The van der Waals surface area contributed by atoms with E-state index >= 15 is 0 Å². The smallest absolute Gasteiger partial charge is 0.148 e. The van der Waals surface area contributed by atoms with Gasteiger partial charge in [-0.15, -0.1) is 4.91 Å². The van der Waals surface area contributed by atoms with Gasteiger partial charge in [0.05, 0.1) is 0 Å². The minimum atomic E-state index is -0.837. The Balaban J connectivity index is 3.00. The van der Waals surface area contributed by atoms with Crippen molar-refractivity contribution in [1.82, 2.24) is 0 Å². The van der Waals surface area contributed by atoms with Crippen LogP contribution in [0.5, 0.6) is 0 Å². The predicted octanol–water partition coefficient (Wildman–Crippen LogP) is 1.60. The Bertz CT molecular complexity index is 242. The molecule has 3 nitrogen and oxygen atoms in total. The minimum Gasteiger partial charge on any atom is -0.298 e. The first-order chi connectivity index (χ1) is 5.23. The van der Waals surface area contributed by atoms with Gasteiger partial charge in [0.1, 0.15) is 11.8 Å². The van der Waals surface area contributed by atoms with Crippen molar-refractivity contribution in [3.05, 3.63) is 28.7 Å². The average molecular weight is 151 g/mol. The van der Waals surface area contributed by atoms with Gasteiger partial charge >= 0.3 is 0 Å². The van der Waals surface area contributed by atoms with Crippen molar-refractivity contribution in [1.29, 1.82) is 0 Å². The molecule has 3 heteroatoms. The molecule has 58 valence electrons. The largest absolute Gasteiger partial charge is 0.298 e. The molecular weight excluding hydrogens is 142 g/mol. The van der Waals surface area contributed by atoms with Gasteiger partial charge in [0, 0.05) is 5.57 Å². The van der Waals surface area contributed by atoms with Gasteiger partial charge in [-0.2, -0.15) is 0 Å². The van der Waals surface area contributed by atoms with Crippen molar-refractivity contribution in [2.75, 3.05) is 0 Å². The van der Waals surface area contributed by atoms with Gasteiger partial charge < -0.3 is 0 Å². The van der Waals surface area contributed by atoms with Gasteiger partial charge in [0.25, 0.3) is 0 Å². The van der Waals surface area contributed by atoms with Gasteiger partial charge in [-0.3, -0.25) is 4.79 Å². The van der Waals surface area contributed by atoms with Crippen LogP contribution in [-0.2, 0) is 4.79 Å². The van der Waals surface area contributed by atoms with Crippen LogP contribution in [-0.4, -0.2) is 11.8 Å². The predicted molar refractivity (Wildman–Crippen MR) is 42.1 cm³/mol. The summed E-state index contributed by atoms with van der Waals surface area (Å²) in [6.07, 6.45) is 6.41. The molecule has 0 radical (unpaired) electrons. The number of aldehydes is 1. The summed E-state index contributed by atoms with van der Waals surface area (Å²) < 4.78 is 0. The molecule has 0 saturated carbocycles. The van der Waals surface area contributed by atoms with Crippen LogP contribution in [0.3, 0.4) is 0 Å². The SMILES string of the molecule is CC1(N=O)CC=CC=C1C=O. The molecule has 1 unspecified atom stereocenters. The molecule has 0 N–H and O–H groups in total. The maximum atomic E-state index is 10.4. The molecule has 1 atom stereocenters. The zero-order chi connectivity index (χ0) is 8.32. The summed E-state index contributed by atoms with van der Waals surface area (Å²) in [4.78, 5) is 20.8. The van der Waals surface area contributed by atoms with E-state index in [4.69, 9.17) is 0 Å². The quantitative estimate of drug-likeness (QED) is 0.444. The lowest BCUT2D eigenvalue weighted by Gasteiger charge is -2.21. The lowest BCUT2D eigenvalue weighted by Crippen LogP contribution is -2.25. The third-order valence-electron chi connectivity index (χ3n) is 1.88. The first-order valence-corrected chi connectivity index (χ1v) is 3.40. The Hall–Kier alpha value is -1.25. The highest BCUT2D eigenvalue weighted by atomic mass is 16.3. The van der Waals surface area contributed by atoms with E-state index in [1.165, 1.54) is 0 Å². The van der Waals surface area contributed by atoms with E-state index in [-0.39, 0.29) is 0 Å². The van der Waals surface area contributed by atoms with E-state index in [1.807, 2.05) is 6.08 Å². The topological polar surface area (TPSA) is 46.5 Å². The number of hydrogen-bond acceptors (Lipinski definition) is 3. The number of nitroso groups, excluding NO2 is 1. The maximum Gasteiger partial charge on any atom is 0.148 e. The Morgan fingerprint density at radius 3 is 2.91 bits per heavy atom. The lowest BCUT2D eigenvalue weighted by molar-refractivity contribution is -0.105. The van der Waals surface area contributed by atoms with E-state index in [0.717, 1.165) is 0 Å². The number of nitrogens with zero attached hydrogens (tertiary/aromatic N) is 1. The monoisotopic (exact) mass is 151 g/mol. The molecule has 0 saturated heterocycles. The highest BCUT2D eigenvalue weighted by molar-refractivity contribution is 5.78. The Morgan fingerprint density at radius 2 is 2.45 bits per heavy atom. The van der Waals surface area contributed by atoms with Crippen LogP contribution in [0.1, 0.15) is 13.3 Å². The van der Waals surface area contributed by atoms with Crippen molar-refractivity contribution < 1.29 is 4.79 Å². The summed E-state index contributed by atoms with van der Waals surface area (Å²) in [5.74, 6) is 0. The highest BCUT2D eigenvalue weighted by Gasteiger charge is 2.30. The zero-order valence-corrected chi connectivity index (χ0v) is 6.28. The fourth-order valence-corrected chi connectivity index (χ4v) is 1.02. The van der Waals surface area contributed by atoms with Crippen molar-refractivity contribution in [2.45, 2.75) is 18.9 Å². The van der Waals surface area contributed by atoms with E-state index < -0.39 is 5.54 Å². The number of rotatable bonds is 2. The van der Waals surface area contributed by atoms with Crippen LogP contribution < -0.4 is 0 Å². The van der Waals surface area contributed by atoms with Crippen LogP contribution >= 0.6 is 0 Å². The molecule has 1 aliphatic rings. The summed E-state index contributed by atoms with van der Waals surface area (Å²) in [6, 6.07) is 0. The molecule has 1 aliphatic carbocycles. The summed E-state index contributed by atoms with van der Waals surface area (Å²) >= 11 is 0. The normalized spacial score (nSPS) is 29.4. The van der Waals surface area contributed by atoms with Crippen molar-refractivity contribution in [3.8, 4) is 0 Å². The molecule has 0 bridgehead atoms. The lowest BCUT2D eigenvalue weighted by atomic mass is 9.87. The molecule has 0 aromatic heterocycles. The van der Waals surface area contributed by atoms with E-state index in [0.29, 0.717) is 18.3 Å². The summed E-state index contributed by atoms with van der Waals surface area (Å²) in [6.45, 7) is 1.66. The molecule has 0 heterocycles. The molecular formula is C8H9NO2. The molecule has 0 amide bonds. The van der Waals surface area contributed by atoms with Gasteiger partial charge in [0.15, 0.2) is 0 Å². The van der Waals surface area contributed by atoms with Crippen molar-refractivity contribution in [3.63, 3.8) is 0 Å². The summed E-state index contributed by atoms with van der Waals surface area (Å²) in [5.41, 5.74) is -0.383. The molecule has 0 spiro atoms. The van der Waals surface area contributed by atoms with E-state index in [1.54, 1.807) is 19.1 Å². The molecule has 0 aliphatic heterocycles. The minimum absolute atomic E-state index is 0.454. The first-order valence-electron chi connectivity index (χ1n) is 3.40. The van der Waals surface area contributed by atoms with Crippen LogP contribution in [0.25, 0.3) is 0 Å². The van der Waals surface area contributed by atoms with Crippen LogP contribution in [0, 0.1) is 4.91 Å². The molecule has 0 aromatic rings. The number of carbonyl (C=O) groups excluding carboxylic acids is 1. The van der Waals surface area contributed by atoms with Gasteiger partial charge in [-0.1, -0.05) is 23.4 Å². The van der Waals surface area contributed by atoms with Crippen molar-refractivity contribution in [2.24, 2.45) is 5.18 Å². The standard InChI is InChI=1S/C8H9NO2/c1-8(9-11)5-3-2-4-7(8)6-10/h2-4,6H,5H2,1H3. The van der Waals surface area contributed by atoms with Crippen LogP contribution in [0.2, 0.25) is 0 Å². The fourth-order valence-electron chi connectivity index (χ4n) is 1.02. The molecule has 0 aromatic carbocycles. The van der Waals surface area contributed by atoms with E-state index in [2.05, 4.69) is 5.18 Å². The second-order valence-electron chi connectivity index (χ2n) is 2.74. The highest BCUT2D eigenvalue weighted by Crippen LogP contribution is 2.27. The average Bonchev–Trinajstić information content (AvgIpc) is 2.05. The van der Waals surface area contributed by atoms with E-state index in [9.17, 15) is 9.70 Å². The third kappa shape index (κ3) is 1.27. The molecule has 1 rings (SSSR count). The van der Waals surface area contributed by atoms with Crippen LogP contribution in [0.4, 0.5) is 0 Å². The number of hydrogen-bond donors (Lipinski definition) is 0. The molecule has 11 heavy (non-hydrogen) atoms. The second-order valence-corrected chi connectivity index (χ2v) is 2.74. The summed E-state index contributed by atoms with van der Waals surface area (Å²) in [7, 11) is 0. The van der Waals surface area contributed by atoms with Crippen LogP contribution in [0.15, 0.2) is 29.0 Å². The van der Waals surface area contributed by atoms with Gasteiger partial charge in [-0.05, 0) is 13.3 Å². The number of carbonyl (C=O) groups is 1. The first kappa shape index (κ1) is 7.85. The summed E-state index contributed by atoms with van der Waals surface area (Å²) in [5, 5.41) is 2.93. The maximum absolute atomic E-state index is 10.4. The Labute approximate surface area is 64.8 Å². The second kappa shape index (κ2) is 2.78. The Morgan fingerprint density at radius 1 is 1.73 bits per heavy atom. The zero-order valence-electron chi connectivity index (χ0n) is 6.28. The van der Waals surface area contributed by atoms with Gasteiger partial charge in [0.2, 0.25) is 0 Å². The molecule has 0 fully saturated rings. The van der Waals surface area contributed by atoms with Gasteiger partial charge in [-0.25, -0.2) is 0 Å². The number of allylic oxidation sites excluding steroid dienone is 2.